The van der Waals surface area contributed by atoms with Crippen LogP contribution in [0.25, 0.3) is 0 Å². The smallest absolute Gasteiger partial charge is 0.255 e. The van der Waals surface area contributed by atoms with Crippen LogP contribution in [0.2, 0.25) is 0 Å². The van der Waals surface area contributed by atoms with Gasteiger partial charge in [-0.25, -0.2) is 12.7 Å². The third-order valence-electron chi connectivity index (χ3n) is 5.31. The molecule has 6 nitrogen and oxygen atoms in total. The SMILES string of the molecule is CCCCS(=O)(=O)N1CCCN(C(=O)c2cnc3c(c2)CCCC3)CC1. The highest BCUT2D eigenvalue weighted by molar-refractivity contribution is 7.89. The maximum atomic E-state index is 12.9. The van der Waals surface area contributed by atoms with Crippen molar-refractivity contribution < 1.29 is 13.2 Å². The van der Waals surface area contributed by atoms with Gasteiger partial charge >= 0.3 is 0 Å². The van der Waals surface area contributed by atoms with E-state index in [2.05, 4.69) is 4.98 Å². The van der Waals surface area contributed by atoms with Gasteiger partial charge in [0.1, 0.15) is 0 Å². The predicted molar refractivity (Wildman–Crippen MR) is 102 cm³/mol. The summed E-state index contributed by atoms with van der Waals surface area (Å²) >= 11 is 0. The Bertz CT molecular complexity index is 748. The van der Waals surface area contributed by atoms with Crippen molar-refractivity contribution in [1.82, 2.24) is 14.2 Å². The molecule has 0 atom stereocenters. The third kappa shape index (κ3) is 4.43. The van der Waals surface area contributed by atoms with E-state index in [-0.39, 0.29) is 11.7 Å². The number of nitrogens with zero attached hydrogens (tertiary/aromatic N) is 3. The van der Waals surface area contributed by atoms with Crippen molar-refractivity contribution in [2.45, 2.75) is 51.9 Å². The molecule has 1 aliphatic carbocycles. The second kappa shape index (κ2) is 8.48. The Labute approximate surface area is 156 Å². The molecule has 7 heteroatoms. The summed E-state index contributed by atoms with van der Waals surface area (Å²) in [5.74, 6) is 0.172. The van der Waals surface area contributed by atoms with Crippen LogP contribution < -0.4 is 0 Å². The third-order valence-corrected chi connectivity index (χ3v) is 7.26. The summed E-state index contributed by atoms with van der Waals surface area (Å²) in [5, 5.41) is 0. The zero-order valence-electron chi connectivity index (χ0n) is 15.6. The van der Waals surface area contributed by atoms with E-state index in [9.17, 15) is 13.2 Å². The van der Waals surface area contributed by atoms with Gasteiger partial charge in [-0.3, -0.25) is 9.78 Å². The van der Waals surface area contributed by atoms with Gasteiger partial charge in [-0.05, 0) is 50.2 Å². The maximum absolute atomic E-state index is 12.9. The maximum Gasteiger partial charge on any atom is 0.255 e. The van der Waals surface area contributed by atoms with Gasteiger partial charge in [0.05, 0.1) is 11.3 Å². The first kappa shape index (κ1) is 19.3. The highest BCUT2D eigenvalue weighted by atomic mass is 32.2. The number of amides is 1. The molecule has 0 spiro atoms. The summed E-state index contributed by atoms with van der Waals surface area (Å²) in [6.45, 7) is 3.91. The van der Waals surface area contributed by atoms with Gasteiger partial charge in [-0.2, -0.15) is 0 Å². The average molecular weight is 380 g/mol. The fourth-order valence-electron chi connectivity index (χ4n) is 3.72. The summed E-state index contributed by atoms with van der Waals surface area (Å²) in [6, 6.07) is 1.99. The zero-order valence-corrected chi connectivity index (χ0v) is 16.4. The summed E-state index contributed by atoms with van der Waals surface area (Å²) in [4.78, 5) is 19.2. The van der Waals surface area contributed by atoms with E-state index in [1.165, 1.54) is 12.0 Å². The molecule has 1 aromatic rings. The molecule has 144 valence electrons. The number of pyridine rings is 1. The first-order valence-corrected chi connectivity index (χ1v) is 11.4. The van der Waals surface area contributed by atoms with Gasteiger partial charge in [0, 0.05) is 38.1 Å². The zero-order chi connectivity index (χ0) is 18.6. The molecule has 1 aliphatic heterocycles. The van der Waals surface area contributed by atoms with Crippen molar-refractivity contribution in [3.63, 3.8) is 0 Å². The summed E-state index contributed by atoms with van der Waals surface area (Å²) in [6.07, 6.45) is 8.22. The molecule has 26 heavy (non-hydrogen) atoms. The quantitative estimate of drug-likeness (QED) is 0.787. The Morgan fingerprint density at radius 2 is 1.92 bits per heavy atom. The molecule has 0 saturated carbocycles. The molecular weight excluding hydrogens is 350 g/mol. The number of aromatic nitrogens is 1. The Balaban J connectivity index is 1.66. The average Bonchev–Trinajstić information content (AvgIpc) is 2.92. The van der Waals surface area contributed by atoms with Crippen LogP contribution in [-0.4, -0.2) is 60.4 Å². The lowest BCUT2D eigenvalue weighted by Crippen LogP contribution is -2.38. The minimum Gasteiger partial charge on any atom is -0.337 e. The van der Waals surface area contributed by atoms with Gasteiger partial charge in [-0.1, -0.05) is 13.3 Å². The van der Waals surface area contributed by atoms with Crippen LogP contribution in [0.5, 0.6) is 0 Å². The Hall–Kier alpha value is -1.47. The highest BCUT2D eigenvalue weighted by Crippen LogP contribution is 2.21. The molecule has 0 aromatic carbocycles. The molecule has 0 radical (unpaired) electrons. The molecule has 1 saturated heterocycles. The largest absolute Gasteiger partial charge is 0.337 e. The fourth-order valence-corrected chi connectivity index (χ4v) is 5.40. The van der Waals surface area contributed by atoms with E-state index in [0.29, 0.717) is 44.6 Å². The topological polar surface area (TPSA) is 70.6 Å². The number of hydrogen-bond donors (Lipinski definition) is 0. The number of carbonyl (C=O) groups is 1. The first-order chi connectivity index (χ1) is 12.5. The summed E-state index contributed by atoms with van der Waals surface area (Å²) < 4.78 is 26.4. The first-order valence-electron chi connectivity index (χ1n) is 9.76. The second-order valence-electron chi connectivity index (χ2n) is 7.25. The van der Waals surface area contributed by atoms with Crippen LogP contribution in [0, 0.1) is 0 Å². The molecule has 1 aromatic heterocycles. The summed E-state index contributed by atoms with van der Waals surface area (Å²) in [7, 11) is -3.21. The number of fused-ring (bicyclic) bond motifs is 1. The van der Waals surface area contributed by atoms with E-state index in [1.807, 2.05) is 13.0 Å². The number of aryl methyl sites for hydroxylation is 2. The van der Waals surface area contributed by atoms with E-state index >= 15 is 0 Å². The Morgan fingerprint density at radius 1 is 1.12 bits per heavy atom. The van der Waals surface area contributed by atoms with E-state index in [4.69, 9.17) is 0 Å². The normalized spacial score (nSPS) is 19.0. The van der Waals surface area contributed by atoms with Crippen molar-refractivity contribution in [1.29, 1.82) is 0 Å². The van der Waals surface area contributed by atoms with Gasteiger partial charge in [0.15, 0.2) is 0 Å². The highest BCUT2D eigenvalue weighted by Gasteiger charge is 2.27. The number of carbonyl (C=O) groups excluding carboxylic acids is 1. The molecule has 0 unspecified atom stereocenters. The van der Waals surface area contributed by atoms with Crippen LogP contribution in [0.3, 0.4) is 0 Å². The Morgan fingerprint density at radius 3 is 2.73 bits per heavy atom. The molecular formula is C19H29N3O3S. The lowest BCUT2D eigenvalue weighted by atomic mass is 9.95. The van der Waals surface area contributed by atoms with Gasteiger partial charge in [-0.15, -0.1) is 0 Å². The van der Waals surface area contributed by atoms with Crippen molar-refractivity contribution in [3.05, 3.63) is 29.1 Å². The monoisotopic (exact) mass is 379 g/mol. The Kier molecular flexibility index (Phi) is 6.29. The minimum absolute atomic E-state index is 0.0290. The van der Waals surface area contributed by atoms with E-state index in [0.717, 1.165) is 31.4 Å². The molecule has 1 fully saturated rings. The molecule has 0 bridgehead atoms. The minimum atomic E-state index is -3.21. The number of hydrogen-bond acceptors (Lipinski definition) is 4. The van der Waals surface area contributed by atoms with Gasteiger partial charge in [0.2, 0.25) is 10.0 Å². The van der Waals surface area contributed by atoms with E-state index < -0.39 is 10.0 Å². The van der Waals surface area contributed by atoms with Crippen LogP contribution >= 0.6 is 0 Å². The van der Waals surface area contributed by atoms with Crippen molar-refractivity contribution in [2.24, 2.45) is 0 Å². The van der Waals surface area contributed by atoms with Crippen molar-refractivity contribution in [3.8, 4) is 0 Å². The van der Waals surface area contributed by atoms with Crippen molar-refractivity contribution in [2.75, 3.05) is 31.9 Å². The second-order valence-corrected chi connectivity index (χ2v) is 9.34. The standard InChI is InChI=1S/C19H29N3O3S/c1-2-3-13-26(24,25)22-10-6-9-21(11-12-22)19(23)17-14-16-7-4-5-8-18(16)20-15-17/h14-15H,2-13H2,1H3. The fraction of sp³-hybridized carbons (Fsp3) is 0.684. The lowest BCUT2D eigenvalue weighted by molar-refractivity contribution is 0.0763. The number of sulfonamides is 1. The van der Waals surface area contributed by atoms with Crippen LogP contribution in [0.1, 0.15) is 60.6 Å². The summed E-state index contributed by atoms with van der Waals surface area (Å²) in [5.41, 5.74) is 2.95. The molecule has 0 N–H and O–H groups in total. The van der Waals surface area contributed by atoms with E-state index in [1.54, 1.807) is 15.4 Å². The van der Waals surface area contributed by atoms with Crippen LogP contribution in [0.4, 0.5) is 0 Å². The van der Waals surface area contributed by atoms with Crippen molar-refractivity contribution >= 4 is 15.9 Å². The van der Waals surface area contributed by atoms with Crippen LogP contribution in [-0.2, 0) is 22.9 Å². The van der Waals surface area contributed by atoms with Gasteiger partial charge in [0.25, 0.3) is 5.91 Å². The molecule has 2 heterocycles. The van der Waals surface area contributed by atoms with Gasteiger partial charge < -0.3 is 4.90 Å². The molecule has 1 amide bonds. The van der Waals surface area contributed by atoms with Crippen LogP contribution in [0.15, 0.2) is 12.3 Å². The lowest BCUT2D eigenvalue weighted by Gasteiger charge is -2.23. The predicted octanol–water partition coefficient (Wildman–Crippen LogP) is 2.24. The number of rotatable bonds is 5. The number of unbranched alkanes of at least 4 members (excludes halogenated alkanes) is 1. The molecule has 3 rings (SSSR count). The molecule has 2 aliphatic rings.